The van der Waals surface area contributed by atoms with Gasteiger partial charge in [-0.1, -0.05) is 46.4 Å². The Labute approximate surface area is 195 Å². The molecular formula is C19H16BrCl4F2NO2. The summed E-state index contributed by atoms with van der Waals surface area (Å²) in [6, 6.07) is 5.41. The smallest absolute Gasteiger partial charge is 0.171 e. The van der Waals surface area contributed by atoms with Crippen LogP contribution >= 0.6 is 62.3 Å². The van der Waals surface area contributed by atoms with E-state index in [2.05, 4.69) is 20.8 Å². The molecule has 2 aliphatic heterocycles. The number of nitrogens with zero attached hydrogens (tertiary/aromatic N) is 1. The first kappa shape index (κ1) is 23.3. The van der Waals surface area contributed by atoms with Gasteiger partial charge in [-0.3, -0.25) is 0 Å². The minimum absolute atomic E-state index is 0.0660. The van der Waals surface area contributed by atoms with Crippen molar-refractivity contribution in [2.45, 2.75) is 18.6 Å². The van der Waals surface area contributed by atoms with E-state index in [4.69, 9.17) is 55.9 Å². The summed E-state index contributed by atoms with van der Waals surface area (Å²) in [6.45, 7) is 2.82. The summed E-state index contributed by atoms with van der Waals surface area (Å²) < 4.78 is 37.8. The van der Waals surface area contributed by atoms with Gasteiger partial charge in [-0.2, -0.15) is 0 Å². The molecule has 0 N–H and O–H groups in total. The number of piperidine rings is 1. The Morgan fingerprint density at radius 2 is 1.31 bits per heavy atom. The van der Waals surface area contributed by atoms with Crippen LogP contribution in [0.1, 0.15) is 12.8 Å². The highest BCUT2D eigenvalue weighted by molar-refractivity contribution is 9.10. The van der Waals surface area contributed by atoms with Gasteiger partial charge < -0.3 is 14.4 Å². The number of hydrogen-bond acceptors (Lipinski definition) is 3. The minimum atomic E-state index is -0.505. The third kappa shape index (κ3) is 5.67. The molecule has 0 amide bonds. The van der Waals surface area contributed by atoms with Crippen molar-refractivity contribution in [3.8, 4) is 0 Å². The third-order valence-electron chi connectivity index (χ3n) is 4.63. The lowest BCUT2D eigenvalue weighted by Crippen LogP contribution is -2.45. The van der Waals surface area contributed by atoms with Crippen LogP contribution in [0.2, 0.25) is 20.1 Å². The first-order chi connectivity index (χ1) is 13.7. The molecule has 1 spiro atoms. The topological polar surface area (TPSA) is 21.7 Å². The van der Waals surface area contributed by atoms with Crippen LogP contribution < -0.4 is 4.90 Å². The van der Waals surface area contributed by atoms with Crippen molar-refractivity contribution in [3.63, 3.8) is 0 Å². The summed E-state index contributed by atoms with van der Waals surface area (Å²) in [5, 5.41) is 0.859. The van der Waals surface area contributed by atoms with Gasteiger partial charge in [0.15, 0.2) is 5.79 Å². The maximum atomic E-state index is 13.3. The van der Waals surface area contributed by atoms with Crippen LogP contribution in [0.15, 0.2) is 28.7 Å². The first-order valence-corrected chi connectivity index (χ1v) is 11.0. The molecule has 0 unspecified atom stereocenters. The van der Waals surface area contributed by atoms with Crippen molar-refractivity contribution >= 4 is 68.0 Å². The van der Waals surface area contributed by atoms with E-state index in [1.54, 1.807) is 6.07 Å². The van der Waals surface area contributed by atoms with Crippen LogP contribution in [0.3, 0.4) is 0 Å². The van der Waals surface area contributed by atoms with Crippen molar-refractivity contribution in [2.75, 3.05) is 31.2 Å². The molecule has 2 aromatic rings. The standard InChI is InChI=1S/C13H14Cl2FNO2.C6H2BrCl2F/c14-9-8-12(10(15)7-11(9)16)17-3-1-13(2-4-17)18-5-6-19-13;7-3-1-5(9)6(10)2-4(3)8/h7-8H,1-6H2;1-2H. The van der Waals surface area contributed by atoms with E-state index in [9.17, 15) is 8.78 Å². The average Bonchev–Trinajstić information content (AvgIpc) is 3.13. The van der Waals surface area contributed by atoms with Gasteiger partial charge in [-0.05, 0) is 40.2 Å². The highest BCUT2D eigenvalue weighted by Gasteiger charge is 2.40. The summed E-state index contributed by atoms with van der Waals surface area (Å²) in [6.07, 6.45) is 1.55. The van der Waals surface area contributed by atoms with Crippen LogP contribution in [0.4, 0.5) is 14.5 Å². The molecule has 0 aromatic heterocycles. The van der Waals surface area contributed by atoms with E-state index >= 15 is 0 Å². The zero-order chi connectivity index (χ0) is 21.2. The zero-order valence-electron chi connectivity index (χ0n) is 15.0. The fourth-order valence-corrected chi connectivity index (χ4v) is 4.34. The number of benzene rings is 2. The Balaban J connectivity index is 0.000000204. The Hall–Kier alpha value is -0.340. The van der Waals surface area contributed by atoms with E-state index < -0.39 is 17.4 Å². The predicted octanol–water partition coefficient (Wildman–Crippen LogP) is 7.37. The molecule has 0 atom stereocenters. The summed E-state index contributed by atoms with van der Waals surface area (Å²) in [5.41, 5.74) is 0.765. The molecule has 0 bridgehead atoms. The molecule has 3 nitrogen and oxygen atoms in total. The van der Waals surface area contributed by atoms with Gasteiger partial charge in [0.25, 0.3) is 0 Å². The van der Waals surface area contributed by atoms with Crippen molar-refractivity contribution < 1.29 is 18.3 Å². The predicted molar refractivity (Wildman–Crippen MR) is 117 cm³/mol. The van der Waals surface area contributed by atoms with E-state index in [1.165, 1.54) is 12.1 Å². The molecule has 4 rings (SSSR count). The number of ether oxygens (including phenoxy) is 2. The van der Waals surface area contributed by atoms with Crippen LogP contribution in [0, 0.1) is 11.6 Å². The second kappa shape index (κ2) is 9.86. The summed E-state index contributed by atoms with van der Waals surface area (Å²) in [7, 11) is 0. The van der Waals surface area contributed by atoms with E-state index in [-0.39, 0.29) is 10.0 Å². The molecule has 2 saturated heterocycles. The first-order valence-electron chi connectivity index (χ1n) is 8.68. The maximum Gasteiger partial charge on any atom is 0.171 e. The lowest BCUT2D eigenvalue weighted by atomic mass is 10.0. The highest BCUT2D eigenvalue weighted by atomic mass is 79.9. The Morgan fingerprint density at radius 1 is 0.793 bits per heavy atom. The lowest BCUT2D eigenvalue weighted by molar-refractivity contribution is -0.169. The minimum Gasteiger partial charge on any atom is -0.370 e. The van der Waals surface area contributed by atoms with Gasteiger partial charge in [0.05, 0.1) is 39.0 Å². The summed E-state index contributed by atoms with van der Waals surface area (Å²) in [4.78, 5) is 2.09. The Kier molecular flexibility index (Phi) is 7.93. The number of hydrogen-bond donors (Lipinski definition) is 0. The van der Waals surface area contributed by atoms with E-state index in [1.807, 2.05) is 0 Å². The van der Waals surface area contributed by atoms with Crippen molar-refractivity contribution in [1.82, 2.24) is 0 Å². The van der Waals surface area contributed by atoms with Crippen LogP contribution in [-0.2, 0) is 9.47 Å². The third-order valence-corrected chi connectivity index (χ3v) is 6.71. The molecule has 10 heteroatoms. The van der Waals surface area contributed by atoms with Gasteiger partial charge in [0.2, 0.25) is 0 Å². The van der Waals surface area contributed by atoms with Gasteiger partial charge in [-0.15, -0.1) is 0 Å². The van der Waals surface area contributed by atoms with Crippen molar-refractivity contribution in [2.24, 2.45) is 0 Å². The van der Waals surface area contributed by atoms with Gasteiger partial charge in [0.1, 0.15) is 11.6 Å². The van der Waals surface area contributed by atoms with Crippen LogP contribution in [0.25, 0.3) is 0 Å². The molecule has 0 radical (unpaired) electrons. The van der Waals surface area contributed by atoms with E-state index in [0.717, 1.165) is 37.7 Å². The SMILES string of the molecule is Fc1cc(Cl)c(Br)cc1Cl.Fc1cc(Cl)c(N2CCC3(CC2)OCCO3)cc1Cl. The fraction of sp³-hybridized carbons (Fsp3) is 0.368. The molecule has 0 aliphatic carbocycles. The Bertz CT molecular complexity index is 837. The fourth-order valence-electron chi connectivity index (χ4n) is 3.13. The zero-order valence-corrected chi connectivity index (χ0v) is 19.6. The Morgan fingerprint density at radius 3 is 1.86 bits per heavy atom. The second-order valence-electron chi connectivity index (χ2n) is 6.49. The normalized spacial score (nSPS) is 18.0. The van der Waals surface area contributed by atoms with Crippen LogP contribution in [-0.4, -0.2) is 32.1 Å². The number of halogens is 7. The maximum absolute atomic E-state index is 13.3. The van der Waals surface area contributed by atoms with Crippen molar-refractivity contribution in [1.29, 1.82) is 0 Å². The number of rotatable bonds is 1. The summed E-state index contributed by atoms with van der Waals surface area (Å²) >= 11 is 26.0. The quantitative estimate of drug-likeness (QED) is 0.347. The van der Waals surface area contributed by atoms with Gasteiger partial charge >= 0.3 is 0 Å². The molecule has 2 heterocycles. The largest absolute Gasteiger partial charge is 0.370 e. The molecular weight excluding hydrogens is 534 g/mol. The monoisotopic (exact) mass is 547 g/mol. The lowest BCUT2D eigenvalue weighted by Gasteiger charge is -2.39. The average molecular weight is 550 g/mol. The van der Waals surface area contributed by atoms with E-state index in [0.29, 0.717) is 27.7 Å². The molecule has 2 aromatic carbocycles. The molecule has 0 saturated carbocycles. The molecule has 2 fully saturated rings. The van der Waals surface area contributed by atoms with Gasteiger partial charge in [0, 0.05) is 30.4 Å². The summed E-state index contributed by atoms with van der Waals surface area (Å²) in [5.74, 6) is -1.42. The molecule has 29 heavy (non-hydrogen) atoms. The highest BCUT2D eigenvalue weighted by Crippen LogP contribution is 2.37. The molecule has 158 valence electrons. The van der Waals surface area contributed by atoms with Crippen LogP contribution in [0.5, 0.6) is 0 Å². The van der Waals surface area contributed by atoms with Gasteiger partial charge in [-0.25, -0.2) is 8.78 Å². The second-order valence-corrected chi connectivity index (χ2v) is 8.98. The van der Waals surface area contributed by atoms with Crippen molar-refractivity contribution in [3.05, 3.63) is 60.5 Å². The number of anilines is 1. The molecule has 2 aliphatic rings.